The summed E-state index contributed by atoms with van der Waals surface area (Å²) in [6.45, 7) is 3.71. The number of aliphatic imine (C=N–C) groups is 1. The van der Waals surface area contributed by atoms with Gasteiger partial charge in [-0.15, -0.1) is 11.8 Å². The Morgan fingerprint density at radius 3 is 2.76 bits per heavy atom. The first-order valence-electron chi connectivity index (χ1n) is 8.49. The quantitative estimate of drug-likeness (QED) is 0.316. The number of nitrogens with one attached hydrogen (secondary N) is 2. The number of aliphatic hydroxyl groups is 1. The fourth-order valence-electron chi connectivity index (χ4n) is 2.86. The Balaban J connectivity index is 0.000000970. The average Bonchev–Trinajstić information content (AvgIpc) is 2.93. The molecule has 0 spiro atoms. The summed E-state index contributed by atoms with van der Waals surface area (Å²) in [5, 5.41) is 18.0. The van der Waals surface area contributed by atoms with Gasteiger partial charge in [0.1, 0.15) is 11.8 Å². The maximum Gasteiger partial charge on any atom is 0.127 e. The second-order valence-electron chi connectivity index (χ2n) is 5.86. The molecule has 6 nitrogen and oxygen atoms in total. The molecule has 0 bridgehead atoms. The molecular weight excluding hydrogens is 356 g/mol. The van der Waals surface area contributed by atoms with Gasteiger partial charge < -0.3 is 26.3 Å². The van der Waals surface area contributed by atoms with Crippen LogP contribution < -0.4 is 16.4 Å². The van der Waals surface area contributed by atoms with Crippen molar-refractivity contribution < 1.29 is 9.90 Å². The highest BCUT2D eigenvalue weighted by Crippen LogP contribution is 2.33. The number of rotatable bonds is 6. The van der Waals surface area contributed by atoms with Crippen LogP contribution in [0.25, 0.3) is 0 Å². The summed E-state index contributed by atoms with van der Waals surface area (Å²) in [4.78, 5) is 14.6. The predicted molar refractivity (Wildman–Crippen MR) is 109 cm³/mol. The van der Waals surface area contributed by atoms with E-state index in [1.165, 1.54) is 19.8 Å². The molecule has 25 heavy (non-hydrogen) atoms. The van der Waals surface area contributed by atoms with Crippen molar-refractivity contribution in [2.45, 2.75) is 51.1 Å². The van der Waals surface area contributed by atoms with E-state index >= 15 is 0 Å². The number of hydrogen-bond donors (Lipinski definition) is 4. The summed E-state index contributed by atoms with van der Waals surface area (Å²) in [5.74, 6) is 0.302. The number of allylic oxidation sites excluding steroid dienone is 1. The van der Waals surface area contributed by atoms with Crippen LogP contribution >= 0.6 is 23.5 Å². The monoisotopic (exact) mass is 386 g/mol. The highest BCUT2D eigenvalue weighted by molar-refractivity contribution is 8.04. The van der Waals surface area contributed by atoms with Crippen molar-refractivity contribution in [3.05, 3.63) is 21.7 Å². The van der Waals surface area contributed by atoms with Crippen LogP contribution in [0.1, 0.15) is 39.5 Å². The Hall–Kier alpha value is -0.960. The van der Waals surface area contributed by atoms with Gasteiger partial charge in [-0.25, -0.2) is 0 Å². The minimum Gasteiger partial charge on any atom is -0.396 e. The van der Waals surface area contributed by atoms with Crippen LogP contribution in [0.2, 0.25) is 0 Å². The molecule has 0 saturated heterocycles. The van der Waals surface area contributed by atoms with Crippen LogP contribution in [0.3, 0.4) is 0 Å². The van der Waals surface area contributed by atoms with E-state index in [0.29, 0.717) is 5.92 Å². The van der Waals surface area contributed by atoms with Crippen molar-refractivity contribution in [3.63, 3.8) is 0 Å². The van der Waals surface area contributed by atoms with E-state index in [0.717, 1.165) is 35.4 Å². The molecule has 1 fully saturated rings. The number of nitrogens with zero attached hydrogens (tertiary/aromatic N) is 1. The number of carbonyl (C=O) groups is 1. The third kappa shape index (κ3) is 7.43. The molecule has 0 aromatic heterocycles. The highest BCUT2D eigenvalue weighted by Gasteiger charge is 2.24. The van der Waals surface area contributed by atoms with Crippen molar-refractivity contribution >= 4 is 36.1 Å². The summed E-state index contributed by atoms with van der Waals surface area (Å²) in [7, 11) is 0. The zero-order valence-corrected chi connectivity index (χ0v) is 16.8. The summed E-state index contributed by atoms with van der Waals surface area (Å²) in [5.41, 5.74) is 7.94. The van der Waals surface area contributed by atoms with E-state index in [2.05, 4.69) is 21.0 Å². The number of aliphatic hydroxyl groups excluding tert-OH is 1. The molecule has 1 aliphatic heterocycles. The molecule has 2 aliphatic rings. The molecular formula is C17H30N4O2S2. The van der Waals surface area contributed by atoms with E-state index in [4.69, 9.17) is 10.5 Å². The Labute approximate surface area is 159 Å². The standard InChI is InChI=1S/C15H26N4OS2.C2H4O/c1-10-14(22-15(16)19-10)13(8-21-2)18-9-17-12-6-4-3-5-11(12)7-20;1-2-3/h8-9,11-12,15,19-20H,3-7,16H2,1-2H3,(H,17,18);2H,1H3/b13-8-;. The maximum atomic E-state index is 9.45. The molecule has 5 N–H and O–H groups in total. The predicted octanol–water partition coefficient (Wildman–Crippen LogP) is 2.38. The first kappa shape index (κ1) is 22.1. The molecule has 0 aromatic rings. The van der Waals surface area contributed by atoms with Crippen LogP contribution in [0.4, 0.5) is 0 Å². The first-order valence-corrected chi connectivity index (χ1v) is 10.7. The van der Waals surface area contributed by atoms with Gasteiger partial charge in [0.2, 0.25) is 0 Å². The molecule has 142 valence electrons. The SMILES string of the molecule is CC=O.CS/C=C(\NC=NC1CCCCC1CO)C1=C(C)NC(N)S1. The fraction of sp³-hybridized carbons (Fsp3) is 0.647. The zero-order valence-electron chi connectivity index (χ0n) is 15.2. The van der Waals surface area contributed by atoms with Gasteiger partial charge in [0.25, 0.3) is 0 Å². The molecule has 3 atom stereocenters. The van der Waals surface area contributed by atoms with Crippen LogP contribution in [-0.4, -0.2) is 42.1 Å². The smallest absolute Gasteiger partial charge is 0.127 e. The first-order chi connectivity index (χ1) is 12.1. The fourth-order valence-corrected chi connectivity index (χ4v) is 4.33. The van der Waals surface area contributed by atoms with Crippen LogP contribution in [0, 0.1) is 5.92 Å². The molecule has 0 amide bonds. The largest absolute Gasteiger partial charge is 0.396 e. The maximum absolute atomic E-state index is 9.45. The molecule has 1 heterocycles. The minimum absolute atomic E-state index is 0.0869. The van der Waals surface area contributed by atoms with Gasteiger partial charge in [0, 0.05) is 18.2 Å². The number of thioether (sulfide) groups is 2. The Kier molecular flexibility index (Phi) is 11.0. The second-order valence-corrected chi connectivity index (χ2v) is 7.72. The van der Waals surface area contributed by atoms with E-state index in [1.54, 1.807) is 29.9 Å². The van der Waals surface area contributed by atoms with Crippen molar-refractivity contribution in [2.24, 2.45) is 16.6 Å². The number of nitrogens with two attached hydrogens (primary N) is 1. The van der Waals surface area contributed by atoms with Crippen molar-refractivity contribution in [1.29, 1.82) is 0 Å². The highest BCUT2D eigenvalue weighted by atomic mass is 32.2. The van der Waals surface area contributed by atoms with Crippen molar-refractivity contribution in [2.75, 3.05) is 12.9 Å². The van der Waals surface area contributed by atoms with E-state index in [-0.39, 0.29) is 18.1 Å². The van der Waals surface area contributed by atoms with Gasteiger partial charge in [-0.3, -0.25) is 4.99 Å². The molecule has 2 rings (SSSR count). The summed E-state index contributed by atoms with van der Waals surface area (Å²) < 4.78 is 0. The Morgan fingerprint density at radius 1 is 1.52 bits per heavy atom. The van der Waals surface area contributed by atoms with E-state index in [1.807, 2.05) is 13.2 Å². The van der Waals surface area contributed by atoms with Gasteiger partial charge in [-0.05, 0) is 38.4 Å². The summed E-state index contributed by atoms with van der Waals surface area (Å²) in [6.07, 6.45) is 9.11. The lowest BCUT2D eigenvalue weighted by Gasteiger charge is -2.26. The molecule has 8 heteroatoms. The lowest BCUT2D eigenvalue weighted by Crippen LogP contribution is -2.28. The zero-order chi connectivity index (χ0) is 18.7. The molecule has 0 radical (unpaired) electrons. The number of hydrogen-bond acceptors (Lipinski definition) is 7. The number of aldehydes is 1. The molecule has 1 saturated carbocycles. The average molecular weight is 387 g/mol. The van der Waals surface area contributed by atoms with Gasteiger partial charge in [0.05, 0.1) is 23.0 Å². The topological polar surface area (TPSA) is 99.7 Å². The van der Waals surface area contributed by atoms with Crippen LogP contribution in [0.15, 0.2) is 26.7 Å². The third-order valence-electron chi connectivity index (χ3n) is 4.01. The summed E-state index contributed by atoms with van der Waals surface area (Å²) in [6, 6.07) is 0.230. The van der Waals surface area contributed by atoms with Gasteiger partial charge in [-0.1, -0.05) is 24.6 Å². The summed E-state index contributed by atoms with van der Waals surface area (Å²) >= 11 is 3.26. The minimum atomic E-state index is -0.0869. The normalized spacial score (nSPS) is 26.9. The van der Waals surface area contributed by atoms with E-state index in [9.17, 15) is 5.11 Å². The lowest BCUT2D eigenvalue weighted by atomic mass is 9.85. The van der Waals surface area contributed by atoms with Crippen molar-refractivity contribution in [1.82, 2.24) is 10.6 Å². The third-order valence-corrected chi connectivity index (χ3v) is 5.62. The lowest BCUT2D eigenvalue weighted by molar-refractivity contribution is -0.106. The Morgan fingerprint density at radius 2 is 2.20 bits per heavy atom. The van der Waals surface area contributed by atoms with Crippen molar-refractivity contribution in [3.8, 4) is 0 Å². The van der Waals surface area contributed by atoms with Gasteiger partial charge in [-0.2, -0.15) is 0 Å². The van der Waals surface area contributed by atoms with E-state index < -0.39 is 0 Å². The van der Waals surface area contributed by atoms with Crippen LogP contribution in [0.5, 0.6) is 0 Å². The number of carbonyl (C=O) groups excluding carboxylic acids is 1. The second kappa shape index (κ2) is 12.4. The van der Waals surface area contributed by atoms with Gasteiger partial charge in [0.15, 0.2) is 0 Å². The van der Waals surface area contributed by atoms with Gasteiger partial charge >= 0.3 is 0 Å². The molecule has 0 aromatic carbocycles. The Bertz CT molecular complexity index is 509. The molecule has 1 aliphatic carbocycles. The molecule has 3 unspecified atom stereocenters. The van der Waals surface area contributed by atoms with Crippen LogP contribution in [-0.2, 0) is 4.79 Å².